The molecule has 0 radical (unpaired) electrons. The van der Waals surface area contributed by atoms with Crippen LogP contribution in [0, 0.1) is 11.3 Å². The van der Waals surface area contributed by atoms with Crippen molar-refractivity contribution in [2.45, 2.75) is 35.3 Å². The Balaban J connectivity index is 1.12. The van der Waals surface area contributed by atoms with Crippen molar-refractivity contribution in [2.75, 3.05) is 10.6 Å². The lowest BCUT2D eigenvalue weighted by molar-refractivity contribution is -0.116. The third kappa shape index (κ3) is 9.24. The molecule has 0 fully saturated rings. The largest absolute Gasteiger partial charge is 0.321 e. The average Bonchev–Trinajstić information content (AvgIpc) is 3.57. The van der Waals surface area contributed by atoms with Gasteiger partial charge in [-0.15, -0.1) is 23.1 Å². The number of nitrogens with one attached hydrogen (secondary N) is 3. The molecule has 7 nitrogen and oxygen atoms in total. The first-order valence-corrected chi connectivity index (χ1v) is 20.3. The number of nitrogens with zero attached hydrogens (tertiary/aromatic N) is 1. The maximum atomic E-state index is 14.2. The summed E-state index contributed by atoms with van der Waals surface area (Å²) in [6.45, 7) is 0. The van der Waals surface area contributed by atoms with E-state index in [-0.39, 0.29) is 11.6 Å². The number of thioether (sulfide) groups is 1. The third-order valence-electron chi connectivity index (χ3n) is 9.36. The van der Waals surface area contributed by atoms with Crippen molar-refractivity contribution in [2.24, 2.45) is 0 Å². The molecule has 1 aliphatic carbocycles. The van der Waals surface area contributed by atoms with Crippen molar-refractivity contribution in [1.29, 1.82) is 5.26 Å². The Morgan fingerprint density at radius 3 is 2.27 bits per heavy atom. The molecule has 1 aliphatic rings. The molecule has 0 bridgehead atoms. The van der Waals surface area contributed by atoms with Crippen LogP contribution in [0.25, 0.3) is 6.08 Å². The van der Waals surface area contributed by atoms with Gasteiger partial charge in [0.25, 0.3) is 11.8 Å². The summed E-state index contributed by atoms with van der Waals surface area (Å²) in [4.78, 5) is 43.0. The summed E-state index contributed by atoms with van der Waals surface area (Å²) in [6.07, 6.45) is 4.03. The lowest BCUT2D eigenvalue weighted by Crippen LogP contribution is -2.30. The zero-order valence-electron chi connectivity index (χ0n) is 29.8. The van der Waals surface area contributed by atoms with Crippen LogP contribution in [-0.4, -0.2) is 17.7 Å². The lowest BCUT2D eigenvalue weighted by atomic mass is 9.83. The quantitative estimate of drug-likeness (QED) is 0.0891. The zero-order chi connectivity index (χ0) is 39.0. The minimum absolute atomic E-state index is 0.0373. The fourth-order valence-corrected chi connectivity index (χ4v) is 9.41. The number of carbonyl (C=O) groups is 3. The second-order valence-corrected chi connectivity index (χ2v) is 16.2. The number of carbonyl (C=O) groups excluding carboxylic acids is 3. The van der Waals surface area contributed by atoms with Crippen LogP contribution < -0.4 is 16.0 Å². The van der Waals surface area contributed by atoms with Crippen molar-refractivity contribution < 1.29 is 14.4 Å². The molecule has 278 valence electrons. The summed E-state index contributed by atoms with van der Waals surface area (Å²) >= 11 is 15.3. The minimum atomic E-state index is -0.683. The first-order chi connectivity index (χ1) is 27.2. The van der Waals surface area contributed by atoms with Crippen LogP contribution in [0.15, 0.2) is 144 Å². The molecule has 1 heterocycles. The number of halogens is 2. The van der Waals surface area contributed by atoms with Gasteiger partial charge in [-0.3, -0.25) is 14.4 Å². The van der Waals surface area contributed by atoms with E-state index in [0.29, 0.717) is 48.2 Å². The van der Waals surface area contributed by atoms with E-state index in [9.17, 15) is 19.6 Å². The summed E-state index contributed by atoms with van der Waals surface area (Å²) in [7, 11) is 0. The molecule has 56 heavy (non-hydrogen) atoms. The predicted molar refractivity (Wildman–Crippen MR) is 227 cm³/mol. The molecular weight excluding hydrogens is 780 g/mol. The normalized spacial score (nSPS) is 14.2. The molecule has 2 unspecified atom stereocenters. The fourth-order valence-electron chi connectivity index (χ4n) is 6.58. The number of hydrogen-bond acceptors (Lipinski definition) is 6. The number of benzene rings is 5. The number of nitriles is 1. The van der Waals surface area contributed by atoms with Crippen LogP contribution in [0.3, 0.4) is 0 Å². The minimum Gasteiger partial charge on any atom is -0.321 e. The average molecular weight is 814 g/mol. The highest BCUT2D eigenvalue weighted by molar-refractivity contribution is 8.00. The Labute approximate surface area is 343 Å². The summed E-state index contributed by atoms with van der Waals surface area (Å²) in [5.74, 6) is -0.959. The van der Waals surface area contributed by atoms with E-state index in [1.807, 2.05) is 42.5 Å². The number of fused-ring (bicyclic) bond motifs is 1. The van der Waals surface area contributed by atoms with E-state index in [1.165, 1.54) is 34.7 Å². The summed E-state index contributed by atoms with van der Waals surface area (Å²) < 4.78 is 0. The van der Waals surface area contributed by atoms with Gasteiger partial charge < -0.3 is 16.0 Å². The molecule has 0 saturated heterocycles. The highest BCUT2D eigenvalue weighted by Gasteiger charge is 2.29. The number of rotatable bonds is 11. The molecule has 0 saturated carbocycles. The van der Waals surface area contributed by atoms with Crippen LogP contribution >= 0.6 is 46.3 Å². The van der Waals surface area contributed by atoms with Crippen LogP contribution in [0.5, 0.6) is 0 Å². The van der Waals surface area contributed by atoms with Gasteiger partial charge in [-0.1, -0.05) is 114 Å². The Hall–Kier alpha value is -5.63. The zero-order valence-corrected chi connectivity index (χ0v) is 32.9. The van der Waals surface area contributed by atoms with Gasteiger partial charge in [0.05, 0.1) is 5.56 Å². The number of thiophene rings is 1. The molecule has 2 atom stereocenters. The summed E-state index contributed by atoms with van der Waals surface area (Å²) in [6, 6.07) is 42.8. The van der Waals surface area contributed by atoms with Gasteiger partial charge in [-0.25, -0.2) is 0 Å². The Morgan fingerprint density at radius 2 is 1.55 bits per heavy atom. The molecule has 11 heteroatoms. The molecular formula is C45H34Cl2N4O3S2. The second kappa shape index (κ2) is 17.9. The molecule has 1 aromatic heterocycles. The molecule has 5 aromatic carbocycles. The van der Waals surface area contributed by atoms with Crippen LogP contribution in [0.2, 0.25) is 10.0 Å². The highest BCUT2D eigenvalue weighted by atomic mass is 35.5. The Morgan fingerprint density at radius 1 is 0.839 bits per heavy atom. The van der Waals surface area contributed by atoms with Gasteiger partial charge in [0.1, 0.15) is 22.0 Å². The fraction of sp³-hybridized carbons (Fsp3) is 0.111. The third-order valence-corrected chi connectivity index (χ3v) is 12.3. The van der Waals surface area contributed by atoms with Crippen LogP contribution in [-0.2, 0) is 22.4 Å². The van der Waals surface area contributed by atoms with E-state index in [2.05, 4.69) is 46.3 Å². The van der Waals surface area contributed by atoms with Gasteiger partial charge in [0.15, 0.2) is 0 Å². The van der Waals surface area contributed by atoms with E-state index in [4.69, 9.17) is 23.2 Å². The number of amides is 3. The summed E-state index contributed by atoms with van der Waals surface area (Å²) in [5, 5.41) is 19.6. The van der Waals surface area contributed by atoms with Gasteiger partial charge in [0, 0.05) is 31.1 Å². The molecule has 7 rings (SSSR count). The van der Waals surface area contributed by atoms with E-state index in [1.54, 1.807) is 66.7 Å². The molecule has 3 amide bonds. The molecule has 6 aromatic rings. The molecule has 0 aliphatic heterocycles. The van der Waals surface area contributed by atoms with E-state index in [0.717, 1.165) is 35.3 Å². The van der Waals surface area contributed by atoms with Crippen LogP contribution in [0.4, 0.5) is 10.7 Å². The molecule has 3 N–H and O–H groups in total. The van der Waals surface area contributed by atoms with Gasteiger partial charge in [-0.2, -0.15) is 5.26 Å². The summed E-state index contributed by atoms with van der Waals surface area (Å²) in [5.41, 5.74) is 4.89. The SMILES string of the molecule is N#Cc1c(NC(=O)C(Sc2cccc(NC(=O)/C(=C\c3ccc(Cl)cc3Cl)NC(=O)c3ccccc3)c2)c2ccccc2)sc2c1CCC(c1ccccc1)C2. The topological polar surface area (TPSA) is 111 Å². The van der Waals surface area contributed by atoms with Gasteiger partial charge in [0.2, 0.25) is 5.91 Å². The smallest absolute Gasteiger partial charge is 0.272 e. The van der Waals surface area contributed by atoms with Crippen molar-refractivity contribution in [1.82, 2.24) is 5.32 Å². The maximum Gasteiger partial charge on any atom is 0.272 e. The van der Waals surface area contributed by atoms with Gasteiger partial charge >= 0.3 is 0 Å². The first kappa shape index (κ1) is 38.6. The highest BCUT2D eigenvalue weighted by Crippen LogP contribution is 2.44. The van der Waals surface area contributed by atoms with Crippen molar-refractivity contribution in [3.05, 3.63) is 187 Å². The Kier molecular flexibility index (Phi) is 12.3. The van der Waals surface area contributed by atoms with Gasteiger partial charge in [-0.05, 0) is 96.0 Å². The predicted octanol–water partition coefficient (Wildman–Crippen LogP) is 11.1. The van der Waals surface area contributed by atoms with Crippen LogP contribution in [0.1, 0.15) is 60.6 Å². The maximum absolute atomic E-state index is 14.2. The van der Waals surface area contributed by atoms with E-state index < -0.39 is 17.1 Å². The second-order valence-electron chi connectivity index (χ2n) is 13.1. The Bertz CT molecular complexity index is 2470. The van der Waals surface area contributed by atoms with Crippen molar-refractivity contribution in [3.63, 3.8) is 0 Å². The van der Waals surface area contributed by atoms with Crippen molar-refractivity contribution >= 4 is 80.8 Å². The molecule has 0 spiro atoms. The standard InChI is InChI=1S/C45H34Cl2N4O3S2/c46-33-21-19-32(38(47)25-33)23-39(50-42(52)30-15-8-3-9-16-30)43(53)49-34-17-10-18-35(26-34)55-41(29-13-6-2-7-14-29)44(54)51-45-37(27-48)36-22-20-31(24-40(36)56-45)28-11-4-1-5-12-28/h1-19,21,23,25-26,31,41H,20,22,24H2,(H,49,53)(H,50,52)(H,51,54)/b39-23+. The monoisotopic (exact) mass is 812 g/mol. The van der Waals surface area contributed by atoms with Crippen molar-refractivity contribution in [3.8, 4) is 6.07 Å². The lowest BCUT2D eigenvalue weighted by Gasteiger charge is -2.22. The number of anilines is 2. The number of hydrogen-bond donors (Lipinski definition) is 3. The first-order valence-electron chi connectivity index (χ1n) is 17.8. The van der Waals surface area contributed by atoms with E-state index >= 15 is 0 Å².